The molecule has 108 valence electrons. The van der Waals surface area contributed by atoms with Crippen LogP contribution >= 0.6 is 0 Å². The lowest BCUT2D eigenvalue weighted by Gasteiger charge is -2.20. The third-order valence-electron chi connectivity index (χ3n) is 3.51. The van der Waals surface area contributed by atoms with Crippen molar-refractivity contribution in [2.45, 2.75) is 53.2 Å². The van der Waals surface area contributed by atoms with E-state index in [4.69, 9.17) is 0 Å². The fourth-order valence-corrected chi connectivity index (χ4v) is 2.12. The van der Waals surface area contributed by atoms with Crippen molar-refractivity contribution in [3.8, 4) is 0 Å². The minimum Gasteiger partial charge on any atom is -0.310 e. The van der Waals surface area contributed by atoms with Crippen LogP contribution in [-0.4, -0.2) is 24.5 Å². The zero-order chi connectivity index (χ0) is 14.3. The van der Waals surface area contributed by atoms with Gasteiger partial charge in [-0.2, -0.15) is 0 Å². The lowest BCUT2D eigenvalue weighted by molar-refractivity contribution is 0.275. The van der Waals surface area contributed by atoms with Crippen LogP contribution < -0.4 is 5.32 Å². The molecule has 0 fully saturated rings. The summed E-state index contributed by atoms with van der Waals surface area (Å²) in [5, 5.41) is 3.45. The first-order valence-corrected chi connectivity index (χ1v) is 7.51. The molecule has 1 rings (SSSR count). The Morgan fingerprint density at radius 2 is 1.63 bits per heavy atom. The molecule has 1 atom stereocenters. The molecule has 1 N–H and O–H groups in total. The number of rotatable bonds is 8. The molecule has 1 aromatic rings. The summed E-state index contributed by atoms with van der Waals surface area (Å²) in [6.45, 7) is 12.1. The Labute approximate surface area is 119 Å². The van der Waals surface area contributed by atoms with Crippen LogP contribution in [0.3, 0.4) is 0 Å². The molecule has 1 aromatic carbocycles. The van der Waals surface area contributed by atoms with Gasteiger partial charge in [-0.3, -0.25) is 0 Å². The summed E-state index contributed by atoms with van der Waals surface area (Å²) < 4.78 is 0. The Morgan fingerprint density at radius 3 is 2.16 bits per heavy atom. The van der Waals surface area contributed by atoms with Gasteiger partial charge in [0, 0.05) is 25.7 Å². The second-order valence-corrected chi connectivity index (χ2v) is 6.06. The predicted molar refractivity (Wildman–Crippen MR) is 84.2 cm³/mol. The van der Waals surface area contributed by atoms with Gasteiger partial charge in [0.15, 0.2) is 0 Å². The standard InChI is InChI=1S/C17H30N2/c1-6-15(4)12-19(5)13-17-9-7-16(8-10-17)11-18-14(2)3/h7-10,14-15,18H,6,11-13H2,1-5H3. The maximum Gasteiger partial charge on any atom is 0.0230 e. The number of nitrogens with zero attached hydrogens (tertiary/aromatic N) is 1. The van der Waals surface area contributed by atoms with Gasteiger partial charge < -0.3 is 10.2 Å². The van der Waals surface area contributed by atoms with Crippen molar-refractivity contribution in [3.05, 3.63) is 35.4 Å². The van der Waals surface area contributed by atoms with Crippen LogP contribution in [-0.2, 0) is 13.1 Å². The summed E-state index contributed by atoms with van der Waals surface area (Å²) in [7, 11) is 2.21. The van der Waals surface area contributed by atoms with E-state index in [2.05, 4.69) is 69.2 Å². The van der Waals surface area contributed by atoms with E-state index in [1.165, 1.54) is 24.1 Å². The summed E-state index contributed by atoms with van der Waals surface area (Å²) in [4.78, 5) is 2.41. The first-order valence-electron chi connectivity index (χ1n) is 7.51. The molecule has 0 amide bonds. The molecule has 0 saturated heterocycles. The van der Waals surface area contributed by atoms with E-state index in [0.29, 0.717) is 6.04 Å². The summed E-state index contributed by atoms with van der Waals surface area (Å²) in [6.07, 6.45) is 1.25. The van der Waals surface area contributed by atoms with Gasteiger partial charge in [-0.1, -0.05) is 58.4 Å². The van der Waals surface area contributed by atoms with Gasteiger partial charge in [0.1, 0.15) is 0 Å². The number of hydrogen-bond acceptors (Lipinski definition) is 2. The third kappa shape index (κ3) is 6.74. The molecule has 0 saturated carbocycles. The Hall–Kier alpha value is -0.860. The van der Waals surface area contributed by atoms with Crippen LogP contribution in [0, 0.1) is 5.92 Å². The van der Waals surface area contributed by atoms with E-state index in [1.54, 1.807) is 0 Å². The number of nitrogens with one attached hydrogen (secondary N) is 1. The highest BCUT2D eigenvalue weighted by molar-refractivity contribution is 5.22. The highest BCUT2D eigenvalue weighted by Gasteiger charge is 2.05. The van der Waals surface area contributed by atoms with Crippen molar-refractivity contribution >= 4 is 0 Å². The molecule has 2 heteroatoms. The fourth-order valence-electron chi connectivity index (χ4n) is 2.12. The quantitative estimate of drug-likeness (QED) is 0.769. The van der Waals surface area contributed by atoms with Gasteiger partial charge in [0.05, 0.1) is 0 Å². The van der Waals surface area contributed by atoms with Gasteiger partial charge in [0.25, 0.3) is 0 Å². The Kier molecular flexibility index (Phi) is 7.11. The number of benzene rings is 1. The smallest absolute Gasteiger partial charge is 0.0230 e. The molecule has 0 aromatic heterocycles. The summed E-state index contributed by atoms with van der Waals surface area (Å²) in [5.41, 5.74) is 2.76. The molecular formula is C17H30N2. The zero-order valence-corrected chi connectivity index (χ0v) is 13.2. The lowest BCUT2D eigenvalue weighted by atomic mass is 10.1. The molecule has 0 heterocycles. The van der Waals surface area contributed by atoms with Crippen LogP contribution in [0.1, 0.15) is 45.2 Å². The highest BCUT2D eigenvalue weighted by Crippen LogP contribution is 2.09. The molecule has 0 aliphatic carbocycles. The van der Waals surface area contributed by atoms with E-state index >= 15 is 0 Å². The van der Waals surface area contributed by atoms with Crippen molar-refractivity contribution in [2.24, 2.45) is 5.92 Å². The van der Waals surface area contributed by atoms with Gasteiger partial charge in [-0.25, -0.2) is 0 Å². The Balaban J connectivity index is 2.43. The van der Waals surface area contributed by atoms with Crippen LogP contribution in [0.2, 0.25) is 0 Å². The normalized spacial score (nSPS) is 13.2. The number of hydrogen-bond donors (Lipinski definition) is 1. The second-order valence-electron chi connectivity index (χ2n) is 6.06. The van der Waals surface area contributed by atoms with Gasteiger partial charge in [-0.05, 0) is 24.1 Å². The second kappa shape index (κ2) is 8.34. The average molecular weight is 262 g/mol. The molecule has 0 radical (unpaired) electrons. The molecule has 1 unspecified atom stereocenters. The van der Waals surface area contributed by atoms with E-state index in [9.17, 15) is 0 Å². The van der Waals surface area contributed by atoms with Gasteiger partial charge in [-0.15, -0.1) is 0 Å². The largest absolute Gasteiger partial charge is 0.310 e. The summed E-state index contributed by atoms with van der Waals surface area (Å²) in [5.74, 6) is 0.777. The minimum atomic E-state index is 0.543. The minimum absolute atomic E-state index is 0.543. The summed E-state index contributed by atoms with van der Waals surface area (Å²) >= 11 is 0. The molecular weight excluding hydrogens is 232 g/mol. The van der Waals surface area contributed by atoms with Gasteiger partial charge in [0.2, 0.25) is 0 Å². The van der Waals surface area contributed by atoms with Crippen molar-refractivity contribution < 1.29 is 0 Å². The monoisotopic (exact) mass is 262 g/mol. The van der Waals surface area contributed by atoms with E-state index in [0.717, 1.165) is 19.0 Å². The van der Waals surface area contributed by atoms with Crippen molar-refractivity contribution in [1.29, 1.82) is 0 Å². The maximum absolute atomic E-state index is 3.45. The zero-order valence-electron chi connectivity index (χ0n) is 13.2. The molecule has 0 aliphatic rings. The fraction of sp³-hybridized carbons (Fsp3) is 0.647. The van der Waals surface area contributed by atoms with E-state index in [1.807, 2.05) is 0 Å². The van der Waals surface area contributed by atoms with E-state index < -0.39 is 0 Å². The molecule has 0 bridgehead atoms. The highest BCUT2D eigenvalue weighted by atomic mass is 15.1. The van der Waals surface area contributed by atoms with Crippen molar-refractivity contribution in [2.75, 3.05) is 13.6 Å². The first-order chi connectivity index (χ1) is 9.01. The Bertz CT molecular complexity index is 343. The Morgan fingerprint density at radius 1 is 1.05 bits per heavy atom. The third-order valence-corrected chi connectivity index (χ3v) is 3.51. The first kappa shape index (κ1) is 16.2. The van der Waals surface area contributed by atoms with Gasteiger partial charge >= 0.3 is 0 Å². The SMILES string of the molecule is CCC(C)CN(C)Cc1ccc(CNC(C)C)cc1. The maximum atomic E-state index is 3.45. The predicted octanol–water partition coefficient (Wildman–Crippen LogP) is 3.66. The lowest BCUT2D eigenvalue weighted by Crippen LogP contribution is -2.24. The van der Waals surface area contributed by atoms with Crippen LogP contribution in [0.25, 0.3) is 0 Å². The van der Waals surface area contributed by atoms with Crippen LogP contribution in [0.5, 0.6) is 0 Å². The van der Waals surface area contributed by atoms with E-state index in [-0.39, 0.29) is 0 Å². The molecule has 0 spiro atoms. The van der Waals surface area contributed by atoms with Crippen LogP contribution in [0.4, 0.5) is 0 Å². The molecule has 0 aliphatic heterocycles. The van der Waals surface area contributed by atoms with Crippen LogP contribution in [0.15, 0.2) is 24.3 Å². The molecule has 2 nitrogen and oxygen atoms in total. The van der Waals surface area contributed by atoms with Crippen molar-refractivity contribution in [1.82, 2.24) is 10.2 Å². The molecule has 19 heavy (non-hydrogen) atoms. The average Bonchev–Trinajstić information content (AvgIpc) is 2.37. The summed E-state index contributed by atoms with van der Waals surface area (Å²) in [6, 6.07) is 9.53. The topological polar surface area (TPSA) is 15.3 Å². The van der Waals surface area contributed by atoms with Crippen molar-refractivity contribution in [3.63, 3.8) is 0 Å².